The summed E-state index contributed by atoms with van der Waals surface area (Å²) in [4.78, 5) is 24.4. The highest BCUT2D eigenvalue weighted by molar-refractivity contribution is 6.16. The Morgan fingerprint density at radius 2 is 1.64 bits per heavy atom. The highest BCUT2D eigenvalue weighted by Gasteiger charge is 2.23. The Kier molecular flexibility index (Phi) is 5.87. The van der Waals surface area contributed by atoms with E-state index in [4.69, 9.17) is 14.2 Å². The van der Waals surface area contributed by atoms with Gasteiger partial charge in [0.1, 0.15) is 5.75 Å². The average molecular weight is 383 g/mol. The lowest BCUT2D eigenvalue weighted by atomic mass is 10.0. The maximum atomic E-state index is 12.7. The predicted molar refractivity (Wildman–Crippen MR) is 108 cm³/mol. The lowest BCUT2D eigenvalue weighted by Crippen LogP contribution is -2.14. The number of rotatable bonds is 7. The average Bonchev–Trinajstić information content (AvgIpc) is 2.97. The van der Waals surface area contributed by atoms with E-state index in [2.05, 4.69) is 4.57 Å². The third kappa shape index (κ3) is 3.42. The van der Waals surface area contributed by atoms with Crippen molar-refractivity contribution >= 4 is 33.6 Å². The number of benzene rings is 2. The van der Waals surface area contributed by atoms with E-state index in [1.165, 1.54) is 0 Å². The summed E-state index contributed by atoms with van der Waals surface area (Å²) in [6.07, 6.45) is 0. The van der Waals surface area contributed by atoms with Crippen molar-refractivity contribution in [2.24, 2.45) is 0 Å². The van der Waals surface area contributed by atoms with Crippen LogP contribution in [0.5, 0.6) is 5.75 Å². The van der Waals surface area contributed by atoms with Crippen LogP contribution in [-0.4, -0.2) is 36.3 Å². The van der Waals surface area contributed by atoms with E-state index >= 15 is 0 Å². The second-order valence-corrected chi connectivity index (χ2v) is 6.34. The Balaban J connectivity index is 2.25. The fraction of sp³-hybridized carbons (Fsp3) is 0.364. The lowest BCUT2D eigenvalue weighted by Gasteiger charge is -2.12. The zero-order valence-electron chi connectivity index (χ0n) is 16.7. The molecule has 0 spiro atoms. The zero-order valence-corrected chi connectivity index (χ0v) is 16.7. The van der Waals surface area contributed by atoms with Gasteiger partial charge in [0.05, 0.1) is 24.3 Å². The van der Waals surface area contributed by atoms with Gasteiger partial charge in [0.15, 0.2) is 6.61 Å². The van der Waals surface area contributed by atoms with Gasteiger partial charge in [-0.3, -0.25) is 0 Å². The standard InChI is InChI=1S/C22H25NO5/c1-5-23-14(4)20(22(25)27-7-3)17-12-18(28-13-19(24)26-6-2)15-10-8-9-11-16(15)21(17)23/h8-12H,5-7,13H2,1-4H3. The number of fused-ring (bicyclic) bond motifs is 3. The van der Waals surface area contributed by atoms with Gasteiger partial charge >= 0.3 is 11.9 Å². The van der Waals surface area contributed by atoms with E-state index in [1.54, 1.807) is 13.8 Å². The molecule has 0 amide bonds. The van der Waals surface area contributed by atoms with Crippen molar-refractivity contribution in [1.82, 2.24) is 4.57 Å². The van der Waals surface area contributed by atoms with Crippen LogP contribution in [-0.2, 0) is 20.8 Å². The van der Waals surface area contributed by atoms with Crippen LogP contribution >= 0.6 is 0 Å². The van der Waals surface area contributed by atoms with E-state index < -0.39 is 5.97 Å². The summed E-state index contributed by atoms with van der Waals surface area (Å²) in [7, 11) is 0. The number of carbonyl (C=O) groups excluding carboxylic acids is 2. The Bertz CT molecular complexity index is 1030. The quantitative estimate of drug-likeness (QED) is 0.571. The predicted octanol–water partition coefficient (Wildman–Crippen LogP) is 4.24. The van der Waals surface area contributed by atoms with Gasteiger partial charge in [0.2, 0.25) is 0 Å². The van der Waals surface area contributed by atoms with Crippen LogP contribution in [0.4, 0.5) is 0 Å². The number of ether oxygens (including phenoxy) is 3. The summed E-state index contributed by atoms with van der Waals surface area (Å²) in [5, 5.41) is 2.59. The van der Waals surface area contributed by atoms with Crippen LogP contribution in [0.3, 0.4) is 0 Å². The van der Waals surface area contributed by atoms with Gasteiger partial charge in [-0.1, -0.05) is 24.3 Å². The first kappa shape index (κ1) is 19.7. The molecule has 148 valence electrons. The molecule has 6 nitrogen and oxygen atoms in total. The summed E-state index contributed by atoms with van der Waals surface area (Å²) in [6.45, 7) is 8.63. The summed E-state index contributed by atoms with van der Waals surface area (Å²) >= 11 is 0. The minimum absolute atomic E-state index is 0.189. The number of hydrogen-bond donors (Lipinski definition) is 0. The number of aryl methyl sites for hydroxylation is 1. The molecule has 1 aromatic heterocycles. The summed E-state index contributed by atoms with van der Waals surface area (Å²) in [6, 6.07) is 9.63. The largest absolute Gasteiger partial charge is 0.481 e. The number of aromatic nitrogens is 1. The molecule has 6 heteroatoms. The topological polar surface area (TPSA) is 66.8 Å². The molecule has 0 aliphatic carbocycles. The Labute approximate surface area is 164 Å². The van der Waals surface area contributed by atoms with Gasteiger partial charge in [0.25, 0.3) is 0 Å². The molecule has 28 heavy (non-hydrogen) atoms. The fourth-order valence-electron chi connectivity index (χ4n) is 3.62. The Morgan fingerprint density at radius 3 is 2.29 bits per heavy atom. The van der Waals surface area contributed by atoms with Crippen LogP contribution in [0.1, 0.15) is 36.8 Å². The highest BCUT2D eigenvalue weighted by atomic mass is 16.6. The molecule has 3 rings (SSSR count). The van der Waals surface area contributed by atoms with Gasteiger partial charge in [0, 0.05) is 28.4 Å². The number of nitrogens with zero attached hydrogens (tertiary/aromatic N) is 1. The number of carbonyl (C=O) groups is 2. The molecular formula is C22H25NO5. The molecule has 0 N–H and O–H groups in total. The maximum absolute atomic E-state index is 12.7. The molecule has 0 aliphatic rings. The van der Waals surface area contributed by atoms with Crippen molar-refractivity contribution < 1.29 is 23.8 Å². The molecule has 0 saturated carbocycles. The second-order valence-electron chi connectivity index (χ2n) is 6.34. The first-order valence-corrected chi connectivity index (χ1v) is 9.53. The molecule has 2 aromatic carbocycles. The molecule has 0 bridgehead atoms. The van der Waals surface area contributed by atoms with E-state index in [0.29, 0.717) is 24.5 Å². The molecule has 0 unspecified atom stereocenters. The first-order valence-electron chi connectivity index (χ1n) is 9.53. The van der Waals surface area contributed by atoms with Gasteiger partial charge < -0.3 is 18.8 Å². The number of hydrogen-bond acceptors (Lipinski definition) is 5. The lowest BCUT2D eigenvalue weighted by molar-refractivity contribution is -0.145. The minimum atomic E-state index is -0.431. The van der Waals surface area contributed by atoms with Crippen molar-refractivity contribution in [3.63, 3.8) is 0 Å². The van der Waals surface area contributed by atoms with Crippen molar-refractivity contribution in [2.75, 3.05) is 19.8 Å². The summed E-state index contributed by atoms with van der Waals surface area (Å²) in [5.74, 6) is -0.251. The molecule has 0 radical (unpaired) electrons. The van der Waals surface area contributed by atoms with Crippen molar-refractivity contribution in [2.45, 2.75) is 34.2 Å². The molecule has 0 aliphatic heterocycles. The SMILES string of the molecule is CCOC(=O)COc1cc2c(C(=O)OCC)c(C)n(CC)c2c2ccccc12. The van der Waals surface area contributed by atoms with Crippen LogP contribution in [0.15, 0.2) is 30.3 Å². The van der Waals surface area contributed by atoms with E-state index in [-0.39, 0.29) is 12.6 Å². The van der Waals surface area contributed by atoms with Gasteiger partial charge in [-0.05, 0) is 33.8 Å². The van der Waals surface area contributed by atoms with Crippen LogP contribution in [0.2, 0.25) is 0 Å². The van der Waals surface area contributed by atoms with Crippen LogP contribution in [0, 0.1) is 6.92 Å². The third-order valence-electron chi connectivity index (χ3n) is 4.73. The monoisotopic (exact) mass is 383 g/mol. The molecule has 3 aromatic rings. The highest BCUT2D eigenvalue weighted by Crippen LogP contribution is 2.38. The Morgan fingerprint density at radius 1 is 0.964 bits per heavy atom. The third-order valence-corrected chi connectivity index (χ3v) is 4.73. The molecule has 0 fully saturated rings. The zero-order chi connectivity index (χ0) is 20.3. The van der Waals surface area contributed by atoms with Gasteiger partial charge in [-0.15, -0.1) is 0 Å². The van der Waals surface area contributed by atoms with Gasteiger partial charge in [-0.2, -0.15) is 0 Å². The second kappa shape index (κ2) is 8.33. The fourth-order valence-corrected chi connectivity index (χ4v) is 3.62. The summed E-state index contributed by atoms with van der Waals surface area (Å²) < 4.78 is 18.1. The van der Waals surface area contributed by atoms with Crippen molar-refractivity contribution in [3.05, 3.63) is 41.6 Å². The minimum Gasteiger partial charge on any atom is -0.481 e. The van der Waals surface area contributed by atoms with Crippen molar-refractivity contribution in [1.29, 1.82) is 0 Å². The van der Waals surface area contributed by atoms with E-state index in [9.17, 15) is 9.59 Å². The van der Waals surface area contributed by atoms with Gasteiger partial charge in [-0.25, -0.2) is 9.59 Å². The normalized spacial score (nSPS) is 11.0. The van der Waals surface area contributed by atoms with Crippen LogP contribution < -0.4 is 4.74 Å². The molecule has 1 heterocycles. The smallest absolute Gasteiger partial charge is 0.344 e. The summed E-state index contributed by atoms with van der Waals surface area (Å²) in [5.41, 5.74) is 2.34. The maximum Gasteiger partial charge on any atom is 0.344 e. The van der Waals surface area contributed by atoms with E-state index in [0.717, 1.165) is 33.9 Å². The molecule has 0 saturated heterocycles. The first-order chi connectivity index (χ1) is 13.5. The number of esters is 2. The van der Waals surface area contributed by atoms with E-state index in [1.807, 2.05) is 44.2 Å². The van der Waals surface area contributed by atoms with Crippen LogP contribution in [0.25, 0.3) is 21.7 Å². The Hall–Kier alpha value is -3.02. The molecular weight excluding hydrogens is 358 g/mol. The molecule has 0 atom stereocenters. The van der Waals surface area contributed by atoms with Crippen molar-refractivity contribution in [3.8, 4) is 5.75 Å².